The van der Waals surface area contributed by atoms with E-state index in [-0.39, 0.29) is 6.10 Å². The maximum Gasteiger partial charge on any atom is 0.0953 e. The lowest BCUT2D eigenvalue weighted by molar-refractivity contribution is -0.0424. The zero-order valence-electron chi connectivity index (χ0n) is 12.6. The van der Waals surface area contributed by atoms with Crippen LogP contribution in [-0.2, 0) is 4.74 Å². The maximum absolute atomic E-state index is 6.20. The Morgan fingerprint density at radius 3 is 2.38 bits per heavy atom. The molecule has 2 unspecified atom stereocenters. The lowest BCUT2D eigenvalue weighted by Crippen LogP contribution is -2.40. The van der Waals surface area contributed by atoms with Gasteiger partial charge in [0.2, 0.25) is 0 Å². The summed E-state index contributed by atoms with van der Waals surface area (Å²) in [4.78, 5) is 0. The first-order valence-corrected chi connectivity index (χ1v) is 7.88. The second-order valence-electron chi connectivity index (χ2n) is 5.68. The third-order valence-corrected chi connectivity index (χ3v) is 4.06. The van der Waals surface area contributed by atoms with E-state index in [1.807, 2.05) is 6.07 Å². The Labute approximate surface area is 127 Å². The first-order valence-electron chi connectivity index (χ1n) is 7.88. The summed E-state index contributed by atoms with van der Waals surface area (Å²) < 4.78 is 6.20. The molecule has 1 aliphatic rings. The normalized spacial score (nSPS) is 22.1. The van der Waals surface area contributed by atoms with Crippen molar-refractivity contribution in [1.29, 1.82) is 0 Å². The van der Waals surface area contributed by atoms with E-state index in [9.17, 15) is 0 Å². The van der Waals surface area contributed by atoms with Crippen molar-refractivity contribution < 1.29 is 4.74 Å². The summed E-state index contributed by atoms with van der Waals surface area (Å²) in [6, 6.07) is 19.3. The van der Waals surface area contributed by atoms with E-state index in [1.165, 1.54) is 23.1 Å². The molecule has 0 saturated carbocycles. The smallest absolute Gasteiger partial charge is 0.0953 e. The molecule has 1 saturated heterocycles. The van der Waals surface area contributed by atoms with Crippen LogP contribution >= 0.6 is 0 Å². The van der Waals surface area contributed by atoms with Gasteiger partial charge in [-0.2, -0.15) is 0 Å². The average molecular weight is 281 g/mol. The van der Waals surface area contributed by atoms with E-state index in [4.69, 9.17) is 4.74 Å². The van der Waals surface area contributed by atoms with Crippen molar-refractivity contribution in [3.63, 3.8) is 0 Å². The third-order valence-electron chi connectivity index (χ3n) is 4.06. The average Bonchev–Trinajstić information content (AvgIpc) is 2.56. The van der Waals surface area contributed by atoms with Crippen LogP contribution in [-0.4, -0.2) is 19.2 Å². The van der Waals surface area contributed by atoms with E-state index in [0.29, 0.717) is 6.10 Å². The summed E-state index contributed by atoms with van der Waals surface area (Å²) in [5.41, 5.74) is 3.78. The lowest BCUT2D eigenvalue weighted by atomic mass is 10.0. The fraction of sp³-hybridized carbons (Fsp3) is 0.368. The molecule has 0 aromatic heterocycles. The second-order valence-corrected chi connectivity index (χ2v) is 5.68. The molecule has 2 aromatic carbocycles. The van der Waals surface area contributed by atoms with Crippen molar-refractivity contribution in [2.45, 2.75) is 32.0 Å². The molecule has 2 aromatic rings. The minimum Gasteiger partial charge on any atom is -0.368 e. The molecule has 2 nitrogen and oxygen atoms in total. The molecule has 0 amide bonds. The van der Waals surface area contributed by atoms with Gasteiger partial charge in [0, 0.05) is 13.1 Å². The number of hydrogen-bond donors (Lipinski definition) is 1. The largest absolute Gasteiger partial charge is 0.368 e. The van der Waals surface area contributed by atoms with Crippen LogP contribution in [0.2, 0.25) is 0 Å². The van der Waals surface area contributed by atoms with Crippen molar-refractivity contribution in [2.24, 2.45) is 0 Å². The fourth-order valence-corrected chi connectivity index (χ4v) is 2.91. The van der Waals surface area contributed by atoms with Gasteiger partial charge in [0.05, 0.1) is 12.2 Å². The number of morpholine rings is 1. The fourth-order valence-electron chi connectivity index (χ4n) is 2.91. The monoisotopic (exact) mass is 281 g/mol. The molecule has 1 fully saturated rings. The highest BCUT2D eigenvalue weighted by Crippen LogP contribution is 2.26. The summed E-state index contributed by atoms with van der Waals surface area (Å²) in [6.07, 6.45) is 2.83. The Kier molecular flexibility index (Phi) is 4.69. The van der Waals surface area contributed by atoms with Crippen molar-refractivity contribution in [3.05, 3.63) is 60.2 Å². The minimum atomic E-state index is 0.181. The second kappa shape index (κ2) is 6.88. The molecule has 2 atom stereocenters. The van der Waals surface area contributed by atoms with Gasteiger partial charge in [0.1, 0.15) is 0 Å². The van der Waals surface area contributed by atoms with Crippen molar-refractivity contribution >= 4 is 0 Å². The predicted octanol–water partition coefficient (Wildman–Crippen LogP) is 4.18. The summed E-state index contributed by atoms with van der Waals surface area (Å²) in [5.74, 6) is 0. The van der Waals surface area contributed by atoms with Crippen LogP contribution in [0.25, 0.3) is 11.1 Å². The first-order chi connectivity index (χ1) is 10.4. The van der Waals surface area contributed by atoms with E-state index < -0.39 is 0 Å². The molecule has 0 bridgehead atoms. The molecule has 3 rings (SSSR count). The van der Waals surface area contributed by atoms with Crippen LogP contribution in [0.3, 0.4) is 0 Å². The summed E-state index contributed by atoms with van der Waals surface area (Å²) in [6.45, 7) is 4.10. The highest BCUT2D eigenvalue weighted by molar-refractivity contribution is 5.63. The quantitative estimate of drug-likeness (QED) is 0.907. The van der Waals surface area contributed by atoms with E-state index in [2.05, 4.69) is 60.8 Å². The van der Waals surface area contributed by atoms with Crippen LogP contribution in [0.1, 0.15) is 31.4 Å². The Hall–Kier alpha value is -1.64. The van der Waals surface area contributed by atoms with Gasteiger partial charge in [-0.1, -0.05) is 67.9 Å². The van der Waals surface area contributed by atoms with Crippen LogP contribution in [0.4, 0.5) is 0 Å². The Bertz CT molecular complexity index is 548. The Morgan fingerprint density at radius 1 is 0.952 bits per heavy atom. The molecule has 0 aliphatic carbocycles. The maximum atomic E-state index is 6.20. The molecule has 0 radical (unpaired) electrons. The van der Waals surface area contributed by atoms with Crippen molar-refractivity contribution in [2.75, 3.05) is 13.1 Å². The number of benzene rings is 2. The topological polar surface area (TPSA) is 21.3 Å². The number of nitrogens with one attached hydrogen (secondary N) is 1. The van der Waals surface area contributed by atoms with Gasteiger partial charge >= 0.3 is 0 Å². The SMILES string of the molecule is CCCC1CNCC(c2ccc(-c3ccccc3)cc2)O1. The Morgan fingerprint density at radius 2 is 1.67 bits per heavy atom. The number of hydrogen-bond acceptors (Lipinski definition) is 2. The summed E-state index contributed by atoms with van der Waals surface area (Å²) in [5, 5.41) is 3.49. The summed E-state index contributed by atoms with van der Waals surface area (Å²) >= 11 is 0. The molecule has 1 heterocycles. The number of rotatable bonds is 4. The van der Waals surface area contributed by atoms with Gasteiger partial charge in [0.25, 0.3) is 0 Å². The van der Waals surface area contributed by atoms with Crippen LogP contribution in [0.15, 0.2) is 54.6 Å². The third kappa shape index (κ3) is 3.52. The van der Waals surface area contributed by atoms with Gasteiger partial charge in [-0.05, 0) is 23.1 Å². The first kappa shape index (κ1) is 14.3. The van der Waals surface area contributed by atoms with Crippen molar-refractivity contribution in [3.8, 4) is 11.1 Å². The van der Waals surface area contributed by atoms with Crippen LogP contribution in [0.5, 0.6) is 0 Å². The molecular formula is C19H23NO. The van der Waals surface area contributed by atoms with Gasteiger partial charge in [-0.15, -0.1) is 0 Å². The van der Waals surface area contributed by atoms with Crippen LogP contribution in [0, 0.1) is 0 Å². The molecule has 21 heavy (non-hydrogen) atoms. The molecule has 1 N–H and O–H groups in total. The molecule has 110 valence electrons. The highest BCUT2D eigenvalue weighted by atomic mass is 16.5. The molecule has 0 spiro atoms. The highest BCUT2D eigenvalue weighted by Gasteiger charge is 2.22. The molecule has 1 aliphatic heterocycles. The predicted molar refractivity (Wildman–Crippen MR) is 87.3 cm³/mol. The van der Waals surface area contributed by atoms with Gasteiger partial charge in [-0.25, -0.2) is 0 Å². The van der Waals surface area contributed by atoms with E-state index >= 15 is 0 Å². The van der Waals surface area contributed by atoms with Gasteiger partial charge < -0.3 is 10.1 Å². The zero-order valence-corrected chi connectivity index (χ0v) is 12.6. The Balaban J connectivity index is 1.72. The van der Waals surface area contributed by atoms with Crippen molar-refractivity contribution in [1.82, 2.24) is 5.32 Å². The minimum absolute atomic E-state index is 0.181. The zero-order chi connectivity index (χ0) is 14.5. The van der Waals surface area contributed by atoms with Crippen LogP contribution < -0.4 is 5.32 Å². The number of ether oxygens (including phenoxy) is 1. The summed E-state index contributed by atoms with van der Waals surface area (Å²) in [7, 11) is 0. The van der Waals surface area contributed by atoms with Gasteiger partial charge in [0.15, 0.2) is 0 Å². The van der Waals surface area contributed by atoms with E-state index in [0.717, 1.165) is 19.5 Å². The van der Waals surface area contributed by atoms with Gasteiger partial charge in [-0.3, -0.25) is 0 Å². The lowest BCUT2D eigenvalue weighted by Gasteiger charge is -2.31. The molecule has 2 heteroatoms. The standard InChI is InChI=1S/C19H23NO/c1-2-6-18-13-20-14-19(21-18)17-11-9-16(10-12-17)15-7-4-3-5-8-15/h3-5,7-12,18-20H,2,6,13-14H2,1H3. The molecular weight excluding hydrogens is 258 g/mol. The van der Waals surface area contributed by atoms with E-state index in [1.54, 1.807) is 0 Å².